The van der Waals surface area contributed by atoms with Gasteiger partial charge in [-0.1, -0.05) is 30.3 Å². The van der Waals surface area contributed by atoms with Crippen molar-refractivity contribution in [3.05, 3.63) is 53.6 Å². The van der Waals surface area contributed by atoms with Crippen LogP contribution in [0.3, 0.4) is 0 Å². The minimum Gasteiger partial charge on any atom is -0.391 e. The van der Waals surface area contributed by atoms with Crippen LogP contribution in [0.15, 0.2) is 42.5 Å². The van der Waals surface area contributed by atoms with Crippen molar-refractivity contribution in [3.63, 3.8) is 0 Å². The zero-order chi connectivity index (χ0) is 13.7. The van der Waals surface area contributed by atoms with E-state index in [-0.39, 0.29) is 12.3 Å². The molecule has 1 unspecified atom stereocenters. The van der Waals surface area contributed by atoms with Crippen molar-refractivity contribution < 1.29 is 9.90 Å². The molecule has 1 saturated heterocycles. The smallest absolute Gasteiger partial charge is 0.229 e. The molecule has 0 radical (unpaired) electrons. The third-order valence-electron chi connectivity index (χ3n) is 4.19. The maximum Gasteiger partial charge on any atom is 0.229 e. The van der Waals surface area contributed by atoms with Gasteiger partial charge in [-0.3, -0.25) is 4.79 Å². The second kappa shape index (κ2) is 4.18. The van der Waals surface area contributed by atoms with Crippen LogP contribution in [0.1, 0.15) is 17.5 Å². The molecule has 0 spiro atoms. The summed E-state index contributed by atoms with van der Waals surface area (Å²) < 4.78 is 0. The lowest BCUT2D eigenvalue weighted by atomic mass is 10.1. The number of carbonyl (C=O) groups excluding carboxylic acids is 1. The van der Waals surface area contributed by atoms with E-state index in [0.29, 0.717) is 6.54 Å². The quantitative estimate of drug-likeness (QED) is 0.733. The Morgan fingerprint density at radius 1 is 1.05 bits per heavy atom. The van der Waals surface area contributed by atoms with Gasteiger partial charge in [0.2, 0.25) is 5.91 Å². The van der Waals surface area contributed by atoms with Crippen molar-refractivity contribution >= 4 is 11.6 Å². The van der Waals surface area contributed by atoms with E-state index in [1.54, 1.807) is 4.90 Å². The summed E-state index contributed by atoms with van der Waals surface area (Å²) in [5.74, 6) is 0.00737. The molecule has 1 aliphatic carbocycles. The maximum atomic E-state index is 11.9. The fourth-order valence-electron chi connectivity index (χ4n) is 3.24. The molecule has 2 aromatic carbocycles. The summed E-state index contributed by atoms with van der Waals surface area (Å²) in [5, 5.41) is 9.60. The summed E-state index contributed by atoms with van der Waals surface area (Å²) in [6, 6.07) is 14.6. The first-order valence-corrected chi connectivity index (χ1v) is 6.92. The Labute approximate surface area is 117 Å². The number of carbonyl (C=O) groups is 1. The van der Waals surface area contributed by atoms with Gasteiger partial charge in [0, 0.05) is 5.69 Å². The van der Waals surface area contributed by atoms with Gasteiger partial charge in [0.15, 0.2) is 0 Å². The number of fused-ring (bicyclic) bond motifs is 3. The molecule has 2 aliphatic rings. The summed E-state index contributed by atoms with van der Waals surface area (Å²) in [4.78, 5) is 13.6. The number of β-amino-alcohol motifs (C(OH)–C–C–N with tert-alkyl or cyclic N) is 1. The summed E-state index contributed by atoms with van der Waals surface area (Å²) >= 11 is 0. The highest BCUT2D eigenvalue weighted by Gasteiger charge is 2.30. The number of hydrogen-bond acceptors (Lipinski definition) is 2. The highest BCUT2D eigenvalue weighted by atomic mass is 16.3. The van der Waals surface area contributed by atoms with Crippen LogP contribution in [-0.4, -0.2) is 23.7 Å². The molecule has 1 atom stereocenters. The van der Waals surface area contributed by atoms with E-state index < -0.39 is 6.10 Å². The first-order valence-electron chi connectivity index (χ1n) is 6.92. The summed E-state index contributed by atoms with van der Waals surface area (Å²) in [6.45, 7) is 0.407. The van der Waals surface area contributed by atoms with Crippen molar-refractivity contribution in [1.29, 1.82) is 0 Å². The molecule has 1 N–H and O–H groups in total. The molecule has 4 rings (SSSR count). The molecule has 1 heterocycles. The molecular formula is C17H15NO2. The fraction of sp³-hybridized carbons (Fsp3) is 0.235. The summed E-state index contributed by atoms with van der Waals surface area (Å²) in [5.41, 5.74) is 6.06. The average molecular weight is 265 g/mol. The van der Waals surface area contributed by atoms with Gasteiger partial charge in [0.25, 0.3) is 0 Å². The minimum atomic E-state index is -0.534. The van der Waals surface area contributed by atoms with E-state index in [2.05, 4.69) is 36.4 Å². The number of amides is 1. The van der Waals surface area contributed by atoms with Gasteiger partial charge >= 0.3 is 0 Å². The first-order chi connectivity index (χ1) is 9.72. The molecule has 0 aromatic heterocycles. The lowest BCUT2D eigenvalue weighted by molar-refractivity contribution is -0.117. The average Bonchev–Trinajstić information content (AvgIpc) is 2.97. The predicted molar refractivity (Wildman–Crippen MR) is 77.7 cm³/mol. The van der Waals surface area contributed by atoms with E-state index in [4.69, 9.17) is 0 Å². The van der Waals surface area contributed by atoms with Crippen molar-refractivity contribution in [3.8, 4) is 11.1 Å². The number of aliphatic hydroxyl groups is 1. The third-order valence-corrected chi connectivity index (χ3v) is 4.19. The van der Waals surface area contributed by atoms with Crippen molar-refractivity contribution in [1.82, 2.24) is 0 Å². The second-order valence-electron chi connectivity index (χ2n) is 5.54. The fourth-order valence-corrected chi connectivity index (χ4v) is 3.24. The number of aliphatic hydroxyl groups excluding tert-OH is 1. The highest BCUT2D eigenvalue weighted by molar-refractivity contribution is 5.96. The van der Waals surface area contributed by atoms with Gasteiger partial charge in [0.05, 0.1) is 19.1 Å². The third kappa shape index (κ3) is 1.67. The molecule has 1 amide bonds. The zero-order valence-electron chi connectivity index (χ0n) is 11.0. The molecule has 2 aromatic rings. The molecule has 3 nitrogen and oxygen atoms in total. The molecule has 20 heavy (non-hydrogen) atoms. The normalized spacial score (nSPS) is 20.1. The number of rotatable bonds is 1. The van der Waals surface area contributed by atoms with Gasteiger partial charge in [-0.05, 0) is 40.8 Å². The zero-order valence-corrected chi connectivity index (χ0v) is 11.0. The van der Waals surface area contributed by atoms with Crippen LogP contribution in [-0.2, 0) is 11.2 Å². The van der Waals surface area contributed by atoms with Crippen molar-refractivity contribution in [2.24, 2.45) is 0 Å². The van der Waals surface area contributed by atoms with Gasteiger partial charge in [0.1, 0.15) is 0 Å². The Morgan fingerprint density at radius 3 is 2.65 bits per heavy atom. The Hall–Kier alpha value is -2.13. The van der Waals surface area contributed by atoms with Gasteiger partial charge in [-0.2, -0.15) is 0 Å². The molecule has 100 valence electrons. The monoisotopic (exact) mass is 265 g/mol. The Morgan fingerprint density at radius 2 is 1.85 bits per heavy atom. The first kappa shape index (κ1) is 11.7. The molecule has 1 aliphatic heterocycles. The van der Waals surface area contributed by atoms with Crippen LogP contribution in [0, 0.1) is 0 Å². The van der Waals surface area contributed by atoms with Crippen LogP contribution in [0.4, 0.5) is 5.69 Å². The van der Waals surface area contributed by atoms with Gasteiger partial charge in [-0.15, -0.1) is 0 Å². The minimum absolute atomic E-state index is 0.00737. The lowest BCUT2D eigenvalue weighted by Gasteiger charge is -2.17. The molecule has 0 saturated carbocycles. The van der Waals surface area contributed by atoms with E-state index in [1.165, 1.54) is 22.3 Å². The Kier molecular flexibility index (Phi) is 2.44. The topological polar surface area (TPSA) is 40.5 Å². The van der Waals surface area contributed by atoms with Crippen LogP contribution >= 0.6 is 0 Å². The molecule has 1 fully saturated rings. The molecular weight excluding hydrogens is 250 g/mol. The summed E-state index contributed by atoms with van der Waals surface area (Å²) in [7, 11) is 0. The van der Waals surface area contributed by atoms with Crippen LogP contribution in [0.25, 0.3) is 11.1 Å². The lowest BCUT2D eigenvalue weighted by Crippen LogP contribution is -2.25. The number of benzene rings is 2. The molecule has 3 heteroatoms. The largest absolute Gasteiger partial charge is 0.391 e. The van der Waals surface area contributed by atoms with E-state index in [9.17, 15) is 9.90 Å². The standard InChI is InChI=1S/C17H15NO2/c19-14-9-17(20)18(10-14)13-5-6-16-12(8-13)7-11-3-1-2-4-15(11)16/h1-6,8,14,19H,7,9-10H2. The predicted octanol–water partition coefficient (Wildman–Crippen LogP) is 2.36. The van der Waals surface area contributed by atoms with Crippen LogP contribution < -0.4 is 4.90 Å². The van der Waals surface area contributed by atoms with Crippen LogP contribution in [0.2, 0.25) is 0 Å². The SMILES string of the molecule is O=C1CC(O)CN1c1ccc2c(c1)Cc1ccccc1-2. The van der Waals surface area contributed by atoms with Crippen LogP contribution in [0.5, 0.6) is 0 Å². The van der Waals surface area contributed by atoms with E-state index in [1.807, 2.05) is 6.07 Å². The molecule has 0 bridgehead atoms. The van der Waals surface area contributed by atoms with Gasteiger partial charge < -0.3 is 10.0 Å². The number of anilines is 1. The summed E-state index contributed by atoms with van der Waals surface area (Å²) in [6.07, 6.45) is 0.620. The number of hydrogen-bond donors (Lipinski definition) is 1. The maximum absolute atomic E-state index is 11.9. The Balaban J connectivity index is 1.74. The highest BCUT2D eigenvalue weighted by Crippen LogP contribution is 2.38. The Bertz CT molecular complexity index is 708. The van der Waals surface area contributed by atoms with Gasteiger partial charge in [-0.25, -0.2) is 0 Å². The van der Waals surface area contributed by atoms with Crippen molar-refractivity contribution in [2.75, 3.05) is 11.4 Å². The van der Waals surface area contributed by atoms with Crippen molar-refractivity contribution in [2.45, 2.75) is 18.9 Å². The van der Waals surface area contributed by atoms with E-state index in [0.717, 1.165) is 12.1 Å². The second-order valence-corrected chi connectivity index (χ2v) is 5.54. The van der Waals surface area contributed by atoms with E-state index >= 15 is 0 Å². The number of nitrogens with zero attached hydrogens (tertiary/aromatic N) is 1.